The van der Waals surface area contributed by atoms with Gasteiger partial charge in [-0.05, 0) is 18.9 Å². The minimum Gasteiger partial charge on any atom is -0.493 e. The van der Waals surface area contributed by atoms with Crippen LogP contribution in [0.4, 0.5) is 22.0 Å². The van der Waals surface area contributed by atoms with Gasteiger partial charge in [-0.3, -0.25) is 4.98 Å². The third-order valence-corrected chi connectivity index (χ3v) is 5.24. The maximum Gasteiger partial charge on any atom is 0.328 e. The van der Waals surface area contributed by atoms with E-state index in [-0.39, 0.29) is 18.7 Å². The number of carbonyl (C=O) groups excluding carboxylic acids is 1. The molecule has 4 rings (SSSR count). The maximum absolute atomic E-state index is 12.8. The van der Waals surface area contributed by atoms with Crippen LogP contribution in [-0.4, -0.2) is 50.9 Å². The van der Waals surface area contributed by atoms with Gasteiger partial charge in [-0.15, -0.1) is 0 Å². The van der Waals surface area contributed by atoms with Crippen molar-refractivity contribution in [3.8, 4) is 5.75 Å². The zero-order valence-corrected chi connectivity index (χ0v) is 17.0. The number of ether oxygens (including phenoxy) is 1. The van der Waals surface area contributed by atoms with Gasteiger partial charge in [-0.1, -0.05) is 12.8 Å². The number of methoxy groups -OCH3 is 1. The first-order valence-electron chi connectivity index (χ1n) is 9.90. The van der Waals surface area contributed by atoms with Gasteiger partial charge in [-0.2, -0.15) is 0 Å². The first-order chi connectivity index (χ1) is 14.6. The van der Waals surface area contributed by atoms with Gasteiger partial charge in [0.05, 0.1) is 37.0 Å². The Morgan fingerprint density at radius 3 is 2.77 bits per heavy atom. The number of aromatic nitrogens is 4. The summed E-state index contributed by atoms with van der Waals surface area (Å²) in [5.74, 6) is 1.00. The Labute approximate surface area is 173 Å². The molecule has 0 radical (unpaired) electrons. The Morgan fingerprint density at radius 1 is 1.27 bits per heavy atom. The largest absolute Gasteiger partial charge is 0.493 e. The number of carbonyl (C=O) groups is 1. The van der Waals surface area contributed by atoms with Gasteiger partial charge < -0.3 is 25.8 Å². The third-order valence-electron chi connectivity index (χ3n) is 5.24. The SMILES string of the molecule is CNc1cc(Nc2cc(CO)ncc2OC)nc2c1ncn2C(=O)NC1CCCC1. The zero-order valence-electron chi connectivity index (χ0n) is 17.0. The molecule has 10 heteroatoms. The van der Waals surface area contributed by atoms with Crippen LogP contribution < -0.4 is 20.7 Å². The Bertz CT molecular complexity index is 1060. The lowest BCUT2D eigenvalue weighted by atomic mass is 10.2. The first kappa shape index (κ1) is 19.9. The highest BCUT2D eigenvalue weighted by Gasteiger charge is 2.21. The highest BCUT2D eigenvalue weighted by Crippen LogP contribution is 2.30. The first-order valence-corrected chi connectivity index (χ1v) is 9.90. The highest BCUT2D eigenvalue weighted by molar-refractivity contribution is 5.94. The number of anilines is 3. The molecule has 3 aromatic rings. The van der Waals surface area contributed by atoms with Crippen molar-refractivity contribution in [1.29, 1.82) is 0 Å². The molecule has 3 heterocycles. The van der Waals surface area contributed by atoms with Crippen LogP contribution in [0.2, 0.25) is 0 Å². The fourth-order valence-corrected chi connectivity index (χ4v) is 3.68. The van der Waals surface area contributed by atoms with Crippen molar-refractivity contribution in [2.45, 2.75) is 38.3 Å². The molecule has 0 atom stereocenters. The van der Waals surface area contributed by atoms with E-state index in [1.807, 2.05) is 0 Å². The van der Waals surface area contributed by atoms with E-state index in [0.29, 0.717) is 34.1 Å². The number of fused-ring (bicyclic) bond motifs is 1. The van der Waals surface area contributed by atoms with Crippen LogP contribution in [0.3, 0.4) is 0 Å². The van der Waals surface area contributed by atoms with E-state index in [0.717, 1.165) is 31.4 Å². The normalized spacial score (nSPS) is 14.1. The van der Waals surface area contributed by atoms with Crippen molar-refractivity contribution < 1.29 is 14.6 Å². The molecule has 0 unspecified atom stereocenters. The van der Waals surface area contributed by atoms with Crippen LogP contribution in [0.15, 0.2) is 24.7 Å². The van der Waals surface area contributed by atoms with Crippen molar-refractivity contribution in [1.82, 2.24) is 24.8 Å². The molecule has 0 saturated heterocycles. The highest BCUT2D eigenvalue weighted by atomic mass is 16.5. The van der Waals surface area contributed by atoms with Crippen molar-refractivity contribution >= 4 is 34.4 Å². The van der Waals surface area contributed by atoms with Crippen molar-refractivity contribution in [3.05, 3.63) is 30.4 Å². The predicted octanol–water partition coefficient (Wildman–Crippen LogP) is 2.61. The number of amides is 1. The molecule has 0 aliphatic heterocycles. The average Bonchev–Trinajstić information content (AvgIpc) is 3.42. The number of aliphatic hydroxyl groups excluding tert-OH is 1. The molecular formula is C20H25N7O3. The molecule has 4 N–H and O–H groups in total. The summed E-state index contributed by atoms with van der Waals surface area (Å²) < 4.78 is 6.78. The second-order valence-corrected chi connectivity index (χ2v) is 7.18. The van der Waals surface area contributed by atoms with Gasteiger partial charge in [-0.25, -0.2) is 19.3 Å². The van der Waals surface area contributed by atoms with Crippen LogP contribution in [0.25, 0.3) is 11.2 Å². The van der Waals surface area contributed by atoms with Crippen LogP contribution in [0.1, 0.15) is 31.4 Å². The summed E-state index contributed by atoms with van der Waals surface area (Å²) in [6.45, 7) is -0.193. The Hall–Kier alpha value is -3.40. The van der Waals surface area contributed by atoms with E-state index in [1.165, 1.54) is 17.1 Å². The summed E-state index contributed by atoms with van der Waals surface area (Å²) >= 11 is 0. The number of hydrogen-bond donors (Lipinski definition) is 4. The number of aliphatic hydroxyl groups is 1. The fourth-order valence-electron chi connectivity index (χ4n) is 3.68. The monoisotopic (exact) mass is 411 g/mol. The Balaban J connectivity index is 1.70. The fraction of sp³-hybridized carbons (Fsp3) is 0.400. The van der Waals surface area contributed by atoms with Gasteiger partial charge in [0.25, 0.3) is 0 Å². The maximum atomic E-state index is 12.8. The van der Waals surface area contributed by atoms with Gasteiger partial charge in [0, 0.05) is 19.2 Å². The second-order valence-electron chi connectivity index (χ2n) is 7.18. The number of rotatable bonds is 6. The van der Waals surface area contributed by atoms with Crippen LogP contribution in [0, 0.1) is 0 Å². The molecule has 1 amide bonds. The number of hydrogen-bond acceptors (Lipinski definition) is 8. The molecule has 3 aromatic heterocycles. The third kappa shape index (κ3) is 3.86. The lowest BCUT2D eigenvalue weighted by molar-refractivity contribution is 0.239. The van der Waals surface area contributed by atoms with Crippen LogP contribution in [-0.2, 0) is 6.61 Å². The second kappa shape index (κ2) is 8.54. The predicted molar refractivity (Wildman–Crippen MR) is 113 cm³/mol. The van der Waals surface area contributed by atoms with E-state index in [9.17, 15) is 9.90 Å². The molecule has 158 valence electrons. The topological polar surface area (TPSA) is 126 Å². The van der Waals surface area contributed by atoms with Crippen LogP contribution in [0.5, 0.6) is 5.75 Å². The zero-order chi connectivity index (χ0) is 21.1. The number of imidazole rings is 1. The van der Waals surface area contributed by atoms with E-state index in [4.69, 9.17) is 4.74 Å². The van der Waals surface area contributed by atoms with Crippen molar-refractivity contribution in [2.24, 2.45) is 0 Å². The lowest BCUT2D eigenvalue weighted by Gasteiger charge is -2.14. The molecule has 0 aromatic carbocycles. The minimum atomic E-state index is -0.236. The van der Waals surface area contributed by atoms with Gasteiger partial charge >= 0.3 is 6.03 Å². The Kier molecular flexibility index (Phi) is 5.66. The van der Waals surface area contributed by atoms with Crippen molar-refractivity contribution in [3.63, 3.8) is 0 Å². The van der Waals surface area contributed by atoms with Gasteiger partial charge in [0.1, 0.15) is 17.7 Å². The van der Waals surface area contributed by atoms with E-state index in [2.05, 4.69) is 30.9 Å². The van der Waals surface area contributed by atoms with E-state index >= 15 is 0 Å². The number of nitrogens with zero attached hydrogens (tertiary/aromatic N) is 4. The molecule has 10 nitrogen and oxygen atoms in total. The summed E-state index contributed by atoms with van der Waals surface area (Å²) in [6, 6.07) is 3.44. The molecule has 1 aliphatic carbocycles. The lowest BCUT2D eigenvalue weighted by Crippen LogP contribution is -2.35. The van der Waals surface area contributed by atoms with Crippen molar-refractivity contribution in [2.75, 3.05) is 24.8 Å². The van der Waals surface area contributed by atoms with Crippen LogP contribution >= 0.6 is 0 Å². The van der Waals surface area contributed by atoms with Gasteiger partial charge in [0.2, 0.25) is 0 Å². The molecule has 0 bridgehead atoms. The quantitative estimate of drug-likeness (QED) is 0.488. The molecule has 1 saturated carbocycles. The average molecular weight is 411 g/mol. The summed E-state index contributed by atoms with van der Waals surface area (Å²) in [6.07, 6.45) is 7.28. The molecule has 0 spiro atoms. The minimum absolute atomic E-state index is 0.193. The molecular weight excluding hydrogens is 386 g/mol. The summed E-state index contributed by atoms with van der Waals surface area (Å²) in [5, 5.41) is 18.7. The summed E-state index contributed by atoms with van der Waals surface area (Å²) in [5.41, 5.74) is 2.86. The standard InChI is InChI=1S/C20H25N7O3/c1-21-15-8-17(25-14-7-13(10-28)22-9-16(14)30-2)26-19-18(15)23-11-27(19)20(29)24-12-5-3-4-6-12/h7-9,11-12,28H,3-6,10H2,1-2H3,(H,24,29)(H2,21,22,25,26). The molecule has 1 fully saturated rings. The number of nitrogens with one attached hydrogen (secondary N) is 3. The molecule has 30 heavy (non-hydrogen) atoms. The summed E-state index contributed by atoms with van der Waals surface area (Å²) in [7, 11) is 3.33. The Morgan fingerprint density at radius 2 is 2.07 bits per heavy atom. The van der Waals surface area contributed by atoms with E-state index in [1.54, 1.807) is 26.3 Å². The molecule has 1 aliphatic rings. The number of pyridine rings is 2. The van der Waals surface area contributed by atoms with E-state index < -0.39 is 0 Å². The smallest absolute Gasteiger partial charge is 0.328 e. The van der Waals surface area contributed by atoms with Gasteiger partial charge in [0.15, 0.2) is 11.4 Å². The summed E-state index contributed by atoms with van der Waals surface area (Å²) in [4.78, 5) is 25.9.